The van der Waals surface area contributed by atoms with Gasteiger partial charge in [-0.05, 0) is 12.1 Å². The molecule has 1 heterocycles. The molecule has 3 N–H and O–H groups in total. The summed E-state index contributed by atoms with van der Waals surface area (Å²) in [5.41, 5.74) is 8.83. The Morgan fingerprint density at radius 3 is 2.94 bits per heavy atom. The lowest BCUT2D eigenvalue weighted by Gasteiger charge is -2.18. The van der Waals surface area contributed by atoms with E-state index < -0.39 is 5.91 Å². The summed E-state index contributed by atoms with van der Waals surface area (Å²) in [6.45, 7) is 0. The number of thioether (sulfide) groups is 1. The van der Waals surface area contributed by atoms with Crippen LogP contribution in [-0.4, -0.2) is 34.8 Å². The second-order valence-corrected chi connectivity index (χ2v) is 4.61. The molecule has 1 aromatic carbocycles. The zero-order valence-electron chi connectivity index (χ0n) is 9.71. The van der Waals surface area contributed by atoms with Crippen molar-refractivity contribution < 1.29 is 9.59 Å². The third-order valence-electron chi connectivity index (χ3n) is 2.26. The van der Waals surface area contributed by atoms with Crippen molar-refractivity contribution in [3.8, 4) is 0 Å². The molecule has 2 amide bonds. The van der Waals surface area contributed by atoms with Gasteiger partial charge in [0.15, 0.2) is 5.17 Å². The summed E-state index contributed by atoms with van der Waals surface area (Å²) < 4.78 is 0. The highest BCUT2D eigenvalue weighted by atomic mass is 32.2. The Balaban J connectivity index is 2.33. The molecule has 94 valence electrons. The molecule has 1 aliphatic heterocycles. The van der Waals surface area contributed by atoms with Crippen molar-refractivity contribution in [1.29, 1.82) is 0 Å². The highest BCUT2D eigenvalue weighted by Crippen LogP contribution is 2.23. The number of carbonyl (C=O) groups excluding carboxylic acids is 2. The van der Waals surface area contributed by atoms with Gasteiger partial charge in [0.05, 0.1) is 17.0 Å². The van der Waals surface area contributed by atoms with Crippen LogP contribution in [0, 0.1) is 0 Å². The second-order valence-electron chi connectivity index (χ2n) is 3.67. The number of hydrazine groups is 1. The van der Waals surface area contributed by atoms with E-state index in [0.29, 0.717) is 16.4 Å². The number of aliphatic imine (C=N–C) groups is 1. The molecule has 0 saturated carbocycles. The molecule has 0 unspecified atom stereocenters. The van der Waals surface area contributed by atoms with Crippen LogP contribution in [0.4, 0.5) is 5.69 Å². The Labute approximate surface area is 108 Å². The summed E-state index contributed by atoms with van der Waals surface area (Å²) in [6, 6.07) is 7.02. The van der Waals surface area contributed by atoms with Gasteiger partial charge in [-0.3, -0.25) is 20.0 Å². The van der Waals surface area contributed by atoms with Crippen LogP contribution in [0.25, 0.3) is 0 Å². The molecule has 6 nitrogen and oxygen atoms in total. The molecule has 0 spiro atoms. The molecular weight excluding hydrogens is 252 g/mol. The highest BCUT2D eigenvalue weighted by Gasteiger charge is 2.20. The minimum atomic E-state index is -0.431. The fourth-order valence-corrected chi connectivity index (χ4v) is 2.14. The number of primary amides is 1. The number of nitrogens with zero attached hydrogens (tertiary/aromatic N) is 2. The number of nitrogens with one attached hydrogen (secondary N) is 1. The van der Waals surface area contributed by atoms with E-state index in [1.165, 1.54) is 16.8 Å². The van der Waals surface area contributed by atoms with Crippen molar-refractivity contribution in [1.82, 2.24) is 10.4 Å². The number of nitrogens with two attached hydrogens (primary N) is 1. The predicted molar refractivity (Wildman–Crippen MR) is 70.4 cm³/mol. The Hall–Kier alpha value is -2.02. The number of fused-ring (bicyclic) bond motifs is 1. The maximum atomic E-state index is 11.9. The molecule has 0 radical (unpaired) electrons. The van der Waals surface area contributed by atoms with E-state index in [2.05, 4.69) is 10.4 Å². The summed E-state index contributed by atoms with van der Waals surface area (Å²) in [5.74, 6) is -0.548. The Kier molecular flexibility index (Phi) is 3.52. The van der Waals surface area contributed by atoms with E-state index in [-0.39, 0.29) is 11.7 Å². The third-order valence-corrected chi connectivity index (χ3v) is 3.32. The SMILES string of the molecule is CN1NC(=O)c2ccccc2N=C1SCC(N)=O. The minimum absolute atomic E-state index is 0.112. The molecule has 1 aliphatic rings. The fourth-order valence-electron chi connectivity index (χ4n) is 1.47. The van der Waals surface area contributed by atoms with Gasteiger partial charge in [-0.2, -0.15) is 0 Å². The molecule has 18 heavy (non-hydrogen) atoms. The van der Waals surface area contributed by atoms with Gasteiger partial charge in [0.2, 0.25) is 5.91 Å². The van der Waals surface area contributed by atoms with Gasteiger partial charge in [-0.25, -0.2) is 4.99 Å². The van der Waals surface area contributed by atoms with Gasteiger partial charge in [-0.1, -0.05) is 23.9 Å². The van der Waals surface area contributed by atoms with Crippen LogP contribution in [0.1, 0.15) is 10.4 Å². The van der Waals surface area contributed by atoms with Gasteiger partial charge in [0.1, 0.15) is 0 Å². The van der Waals surface area contributed by atoms with Crippen LogP contribution in [0.3, 0.4) is 0 Å². The van der Waals surface area contributed by atoms with E-state index >= 15 is 0 Å². The van der Waals surface area contributed by atoms with E-state index in [4.69, 9.17) is 5.73 Å². The third kappa shape index (κ3) is 2.62. The van der Waals surface area contributed by atoms with Crippen molar-refractivity contribution in [2.24, 2.45) is 10.7 Å². The van der Waals surface area contributed by atoms with Crippen LogP contribution in [-0.2, 0) is 4.79 Å². The molecule has 0 aromatic heterocycles. The van der Waals surface area contributed by atoms with Crippen LogP contribution < -0.4 is 11.2 Å². The van der Waals surface area contributed by atoms with Crippen molar-refractivity contribution in [2.75, 3.05) is 12.8 Å². The average molecular weight is 264 g/mol. The number of amides is 2. The number of hydrogen-bond acceptors (Lipinski definition) is 5. The molecule has 0 fully saturated rings. The summed E-state index contributed by atoms with van der Waals surface area (Å²) in [6.07, 6.45) is 0. The lowest BCUT2D eigenvalue weighted by Crippen LogP contribution is -2.41. The lowest BCUT2D eigenvalue weighted by molar-refractivity contribution is -0.115. The minimum Gasteiger partial charge on any atom is -0.369 e. The number of amidine groups is 1. The fraction of sp³-hybridized carbons (Fsp3) is 0.182. The first-order valence-electron chi connectivity index (χ1n) is 5.21. The van der Waals surface area contributed by atoms with Crippen molar-refractivity contribution in [3.63, 3.8) is 0 Å². The van der Waals surface area contributed by atoms with Gasteiger partial charge >= 0.3 is 0 Å². The lowest BCUT2D eigenvalue weighted by atomic mass is 10.2. The molecule has 0 atom stereocenters. The van der Waals surface area contributed by atoms with E-state index in [9.17, 15) is 9.59 Å². The number of para-hydroxylation sites is 1. The Morgan fingerprint density at radius 2 is 2.22 bits per heavy atom. The first-order valence-corrected chi connectivity index (χ1v) is 6.20. The van der Waals surface area contributed by atoms with E-state index in [0.717, 1.165) is 0 Å². The summed E-state index contributed by atoms with van der Waals surface area (Å²) in [5, 5.41) is 2.00. The first kappa shape index (κ1) is 12.4. The van der Waals surface area contributed by atoms with Crippen molar-refractivity contribution in [2.45, 2.75) is 0 Å². The topological polar surface area (TPSA) is 87.8 Å². The van der Waals surface area contributed by atoms with Crippen LogP contribution in [0.15, 0.2) is 29.3 Å². The summed E-state index contributed by atoms with van der Waals surface area (Å²) in [4.78, 5) is 27.0. The number of benzene rings is 1. The number of rotatable bonds is 2. The first-order chi connectivity index (χ1) is 8.58. The van der Waals surface area contributed by atoms with Gasteiger partial charge in [0.25, 0.3) is 5.91 Å². The smallest absolute Gasteiger partial charge is 0.272 e. The quantitative estimate of drug-likeness (QED) is 0.813. The molecule has 1 aromatic rings. The maximum absolute atomic E-state index is 11.9. The zero-order valence-corrected chi connectivity index (χ0v) is 10.5. The van der Waals surface area contributed by atoms with Gasteiger partial charge < -0.3 is 5.73 Å². The summed E-state index contributed by atoms with van der Waals surface area (Å²) >= 11 is 1.18. The van der Waals surface area contributed by atoms with Crippen molar-refractivity contribution in [3.05, 3.63) is 29.8 Å². The van der Waals surface area contributed by atoms with E-state index in [1.807, 2.05) is 0 Å². The van der Waals surface area contributed by atoms with Crippen LogP contribution in [0.2, 0.25) is 0 Å². The molecular formula is C11H12N4O2S. The Bertz CT molecular complexity index is 530. The van der Waals surface area contributed by atoms with Gasteiger partial charge in [0, 0.05) is 7.05 Å². The molecule has 0 aliphatic carbocycles. The molecule has 0 saturated heterocycles. The maximum Gasteiger partial charge on any atom is 0.272 e. The molecule has 7 heteroatoms. The normalized spacial score (nSPS) is 14.4. The van der Waals surface area contributed by atoms with Crippen molar-refractivity contribution >= 4 is 34.4 Å². The number of hydrogen-bond donors (Lipinski definition) is 2. The highest BCUT2D eigenvalue weighted by molar-refractivity contribution is 8.14. The van der Waals surface area contributed by atoms with Crippen LogP contribution in [0.5, 0.6) is 0 Å². The predicted octanol–water partition coefficient (Wildman–Crippen LogP) is 0.483. The van der Waals surface area contributed by atoms with Crippen LogP contribution >= 0.6 is 11.8 Å². The summed E-state index contributed by atoms with van der Waals surface area (Å²) in [7, 11) is 1.66. The number of carbonyl (C=O) groups is 2. The second kappa shape index (κ2) is 5.09. The largest absolute Gasteiger partial charge is 0.369 e. The van der Waals surface area contributed by atoms with Gasteiger partial charge in [-0.15, -0.1) is 0 Å². The van der Waals surface area contributed by atoms with E-state index in [1.54, 1.807) is 31.3 Å². The monoisotopic (exact) mass is 264 g/mol. The molecule has 2 rings (SSSR count). The Morgan fingerprint density at radius 1 is 1.50 bits per heavy atom. The standard InChI is InChI=1S/C11H12N4O2S/c1-15-11(18-6-9(12)16)13-8-5-3-2-4-7(8)10(17)14-15/h2-5H,6H2,1H3,(H2,12,16)(H,14,17). The zero-order chi connectivity index (χ0) is 13.1. The average Bonchev–Trinajstić information content (AvgIpc) is 2.45. The molecule has 0 bridgehead atoms.